The zero-order chi connectivity index (χ0) is 21.5. The highest BCUT2D eigenvalue weighted by Gasteiger charge is 2.29. The van der Waals surface area contributed by atoms with Crippen LogP contribution in [0.2, 0.25) is 5.02 Å². The molecule has 31 heavy (non-hydrogen) atoms. The number of benzene rings is 2. The van der Waals surface area contributed by atoms with Crippen molar-refractivity contribution in [2.75, 3.05) is 24.7 Å². The smallest absolute Gasteiger partial charge is 0.311 e. The Morgan fingerprint density at radius 2 is 2.26 bits per heavy atom. The summed E-state index contributed by atoms with van der Waals surface area (Å²) in [6.07, 6.45) is 2.65. The van der Waals surface area contributed by atoms with Gasteiger partial charge in [-0.1, -0.05) is 17.7 Å². The summed E-state index contributed by atoms with van der Waals surface area (Å²) in [6.45, 7) is 1.57. The first-order chi connectivity index (χ1) is 15.1. The maximum atomic E-state index is 11.8. The molecule has 2 aromatic carbocycles. The molecular formula is C22H17ClN4O4. The number of nitro benzene ring substituents is 1. The van der Waals surface area contributed by atoms with Crippen molar-refractivity contribution in [1.29, 1.82) is 5.26 Å². The fourth-order valence-electron chi connectivity index (χ4n) is 4.21. The lowest BCUT2D eigenvalue weighted by molar-refractivity contribution is -0.385. The highest BCUT2D eigenvalue weighted by molar-refractivity contribution is 6.32. The van der Waals surface area contributed by atoms with E-state index in [-0.39, 0.29) is 17.5 Å². The van der Waals surface area contributed by atoms with Gasteiger partial charge in [-0.05, 0) is 24.1 Å². The van der Waals surface area contributed by atoms with Crippen LogP contribution in [0, 0.1) is 21.4 Å². The Labute approximate surface area is 182 Å². The summed E-state index contributed by atoms with van der Waals surface area (Å²) in [4.78, 5) is 17.7. The van der Waals surface area contributed by atoms with Gasteiger partial charge in [-0.25, -0.2) is 0 Å². The van der Waals surface area contributed by atoms with Gasteiger partial charge in [-0.15, -0.1) is 0 Å². The van der Waals surface area contributed by atoms with Gasteiger partial charge in [0.05, 0.1) is 34.9 Å². The lowest BCUT2D eigenvalue weighted by atomic mass is 10.1. The van der Waals surface area contributed by atoms with Gasteiger partial charge in [0.25, 0.3) is 0 Å². The van der Waals surface area contributed by atoms with Crippen molar-refractivity contribution in [1.82, 2.24) is 4.98 Å². The van der Waals surface area contributed by atoms with E-state index < -0.39 is 4.92 Å². The molecule has 3 heterocycles. The number of halogens is 1. The number of nitro groups is 1. The van der Waals surface area contributed by atoms with Gasteiger partial charge < -0.3 is 14.4 Å². The van der Waals surface area contributed by atoms with Gasteiger partial charge >= 0.3 is 5.69 Å². The maximum Gasteiger partial charge on any atom is 0.311 e. The normalized spacial score (nSPS) is 17.5. The minimum Gasteiger partial charge on any atom is -0.481 e. The number of nitrogens with zero attached hydrogens (tertiary/aromatic N) is 4. The molecule has 5 rings (SSSR count). The summed E-state index contributed by atoms with van der Waals surface area (Å²) in [5, 5.41) is 22.8. The number of ether oxygens (including phenoxy) is 2. The molecule has 0 N–H and O–H groups in total. The van der Waals surface area contributed by atoms with E-state index in [2.05, 4.69) is 11.1 Å². The van der Waals surface area contributed by atoms with Gasteiger partial charge in [0.15, 0.2) is 5.75 Å². The standard InChI is InChI=1S/C22H17ClN4O4/c23-17-2-1-3-19-15(17)4-6-26(19)22-13(10-24)11-25-18-9-21(31-14-5-7-30-12-14)20(27(28)29)8-16(18)22/h1-3,8-9,11,14H,4-7,12H2. The Balaban J connectivity index is 1.70. The van der Waals surface area contributed by atoms with E-state index in [1.165, 1.54) is 12.3 Å². The highest BCUT2D eigenvalue weighted by atomic mass is 35.5. The van der Waals surface area contributed by atoms with Gasteiger partial charge in [0, 0.05) is 47.4 Å². The number of pyridine rings is 1. The monoisotopic (exact) mass is 436 g/mol. The summed E-state index contributed by atoms with van der Waals surface area (Å²) in [7, 11) is 0. The average Bonchev–Trinajstić information content (AvgIpc) is 3.43. The summed E-state index contributed by atoms with van der Waals surface area (Å²) < 4.78 is 11.2. The van der Waals surface area contributed by atoms with Crippen molar-refractivity contribution in [2.45, 2.75) is 18.9 Å². The first kappa shape index (κ1) is 19.5. The van der Waals surface area contributed by atoms with Crippen LogP contribution in [-0.2, 0) is 11.2 Å². The number of nitriles is 1. The molecule has 2 aliphatic rings. The van der Waals surface area contributed by atoms with E-state index in [1.807, 2.05) is 23.1 Å². The number of hydrogen-bond donors (Lipinski definition) is 0. The van der Waals surface area contributed by atoms with Crippen LogP contribution in [0.4, 0.5) is 17.1 Å². The van der Waals surface area contributed by atoms with Crippen LogP contribution in [0.25, 0.3) is 10.9 Å². The third-order valence-corrected chi connectivity index (χ3v) is 6.01. The fraction of sp³-hybridized carbons (Fsp3) is 0.273. The molecule has 1 saturated heterocycles. The van der Waals surface area contributed by atoms with Crippen molar-refractivity contribution in [3.63, 3.8) is 0 Å². The first-order valence-electron chi connectivity index (χ1n) is 9.87. The van der Waals surface area contributed by atoms with E-state index in [0.717, 1.165) is 11.3 Å². The molecule has 1 aromatic heterocycles. The van der Waals surface area contributed by atoms with E-state index >= 15 is 0 Å². The predicted molar refractivity (Wildman–Crippen MR) is 115 cm³/mol. The van der Waals surface area contributed by atoms with Crippen molar-refractivity contribution < 1.29 is 14.4 Å². The molecule has 0 aliphatic carbocycles. The zero-order valence-electron chi connectivity index (χ0n) is 16.4. The van der Waals surface area contributed by atoms with Crippen molar-refractivity contribution in [3.05, 3.63) is 62.8 Å². The van der Waals surface area contributed by atoms with Crippen molar-refractivity contribution in [3.8, 4) is 11.8 Å². The Kier molecular flexibility index (Phi) is 4.85. The third kappa shape index (κ3) is 3.32. The summed E-state index contributed by atoms with van der Waals surface area (Å²) in [5.41, 5.74) is 3.17. The minimum atomic E-state index is -0.470. The fourth-order valence-corrected chi connectivity index (χ4v) is 4.48. The maximum absolute atomic E-state index is 11.8. The second-order valence-electron chi connectivity index (χ2n) is 7.47. The van der Waals surface area contributed by atoms with E-state index in [0.29, 0.717) is 59.8 Å². The SMILES string of the molecule is N#Cc1cnc2cc(OC3CCOC3)c([N+](=O)[O-])cc2c1N1CCc2c(Cl)cccc21. The molecule has 0 saturated carbocycles. The topological polar surface area (TPSA) is 102 Å². The molecule has 0 amide bonds. The van der Waals surface area contributed by atoms with Crippen LogP contribution >= 0.6 is 11.6 Å². The van der Waals surface area contributed by atoms with E-state index in [9.17, 15) is 15.4 Å². The van der Waals surface area contributed by atoms with Crippen molar-refractivity contribution in [2.24, 2.45) is 0 Å². The van der Waals surface area contributed by atoms with Gasteiger partial charge in [-0.2, -0.15) is 5.26 Å². The first-order valence-corrected chi connectivity index (χ1v) is 10.2. The van der Waals surface area contributed by atoms with Crippen LogP contribution in [-0.4, -0.2) is 35.8 Å². The second-order valence-corrected chi connectivity index (χ2v) is 7.88. The van der Waals surface area contributed by atoms with Crippen LogP contribution in [0.1, 0.15) is 17.5 Å². The highest BCUT2D eigenvalue weighted by Crippen LogP contribution is 2.44. The van der Waals surface area contributed by atoms with Crippen molar-refractivity contribution >= 4 is 39.6 Å². The van der Waals surface area contributed by atoms with E-state index in [4.69, 9.17) is 21.1 Å². The molecule has 156 valence electrons. The molecular weight excluding hydrogens is 420 g/mol. The number of fused-ring (bicyclic) bond motifs is 2. The number of anilines is 2. The second kappa shape index (κ2) is 7.69. The Morgan fingerprint density at radius 3 is 3.00 bits per heavy atom. The van der Waals surface area contributed by atoms with Crippen LogP contribution in [0.5, 0.6) is 5.75 Å². The van der Waals surface area contributed by atoms with Gasteiger partial charge in [-0.3, -0.25) is 15.1 Å². The quantitative estimate of drug-likeness (QED) is 0.437. The zero-order valence-corrected chi connectivity index (χ0v) is 17.1. The summed E-state index contributed by atoms with van der Waals surface area (Å²) in [6, 6.07) is 10.8. The summed E-state index contributed by atoms with van der Waals surface area (Å²) in [5.74, 6) is 0.154. The Morgan fingerprint density at radius 1 is 1.39 bits per heavy atom. The molecule has 1 fully saturated rings. The van der Waals surface area contributed by atoms with Gasteiger partial charge in [0.2, 0.25) is 0 Å². The third-order valence-electron chi connectivity index (χ3n) is 5.66. The van der Waals surface area contributed by atoms with Crippen LogP contribution in [0.15, 0.2) is 36.5 Å². The van der Waals surface area contributed by atoms with Crippen LogP contribution in [0.3, 0.4) is 0 Å². The molecule has 1 atom stereocenters. The minimum absolute atomic E-state index is 0.154. The molecule has 8 nitrogen and oxygen atoms in total. The predicted octanol–water partition coefficient (Wildman–Crippen LogP) is 4.53. The lowest BCUT2D eigenvalue weighted by Gasteiger charge is -2.23. The largest absolute Gasteiger partial charge is 0.481 e. The average molecular weight is 437 g/mol. The van der Waals surface area contributed by atoms with Crippen LogP contribution < -0.4 is 9.64 Å². The Hall–Kier alpha value is -3.41. The molecule has 0 spiro atoms. The molecule has 0 bridgehead atoms. The lowest BCUT2D eigenvalue weighted by Crippen LogP contribution is -2.17. The molecule has 0 radical (unpaired) electrons. The Bertz CT molecular complexity index is 1250. The molecule has 2 aliphatic heterocycles. The number of aromatic nitrogens is 1. The van der Waals surface area contributed by atoms with E-state index in [1.54, 1.807) is 6.07 Å². The number of hydrogen-bond acceptors (Lipinski definition) is 7. The molecule has 9 heteroatoms. The van der Waals surface area contributed by atoms with Gasteiger partial charge in [0.1, 0.15) is 12.2 Å². The summed E-state index contributed by atoms with van der Waals surface area (Å²) >= 11 is 6.36. The molecule has 3 aromatic rings. The number of rotatable bonds is 4. The molecule has 1 unspecified atom stereocenters.